The third-order valence-corrected chi connectivity index (χ3v) is 9.79. The zero-order valence-corrected chi connectivity index (χ0v) is 25.3. The van der Waals surface area contributed by atoms with Crippen LogP contribution in [-0.4, -0.2) is 26.7 Å². The summed E-state index contributed by atoms with van der Waals surface area (Å²) in [6, 6.07) is 3.80. The number of ketones is 1. The Morgan fingerprint density at radius 2 is 1.70 bits per heavy atom. The maximum Gasteiger partial charge on any atom is 0.283 e. The van der Waals surface area contributed by atoms with Gasteiger partial charge < -0.3 is 10.4 Å². The quantitative estimate of drug-likeness (QED) is 0.391. The van der Waals surface area contributed by atoms with Gasteiger partial charge in [-0.25, -0.2) is 4.68 Å². The molecule has 0 radical (unpaired) electrons. The number of hydrogen-bond donors (Lipinski definition) is 2. The fourth-order valence-corrected chi connectivity index (χ4v) is 6.81. The van der Waals surface area contributed by atoms with E-state index in [1.54, 1.807) is 18.3 Å². The molecule has 3 aliphatic rings. The first-order valence-electron chi connectivity index (χ1n) is 13.4. The standard InChI is InChI=1S/C30H42BrN3O3/c1-16-19-12-18(30(19,8)9)13-22(16)33-23-14-32-34(27(37)25(23)31)15-24(35)17-10-20(28(2,3)4)26(36)21(11-17)29(5,6)7/h10-11,14,16,18-19,22,33,36H,12-13,15H2,1-9H3/t16-,18+,19-,22-/m1/s1. The van der Waals surface area contributed by atoms with Gasteiger partial charge in [0.05, 0.1) is 11.9 Å². The Morgan fingerprint density at radius 1 is 1.14 bits per heavy atom. The summed E-state index contributed by atoms with van der Waals surface area (Å²) < 4.78 is 1.61. The summed E-state index contributed by atoms with van der Waals surface area (Å²) in [5, 5.41) is 18.9. The van der Waals surface area contributed by atoms with E-state index in [1.165, 1.54) is 11.1 Å². The average Bonchev–Trinajstić information content (AvgIpc) is 2.78. The summed E-state index contributed by atoms with van der Waals surface area (Å²) in [5.41, 5.74) is 1.94. The lowest BCUT2D eigenvalue weighted by atomic mass is 9.45. The molecule has 3 aliphatic carbocycles. The van der Waals surface area contributed by atoms with Crippen molar-refractivity contribution in [3.05, 3.63) is 49.8 Å². The van der Waals surface area contributed by atoms with Gasteiger partial charge in [0, 0.05) is 22.7 Å². The topological polar surface area (TPSA) is 84.2 Å². The van der Waals surface area contributed by atoms with Gasteiger partial charge in [0.25, 0.3) is 5.56 Å². The third kappa shape index (κ3) is 5.00. The van der Waals surface area contributed by atoms with E-state index in [4.69, 9.17) is 0 Å². The van der Waals surface area contributed by atoms with Crippen molar-refractivity contribution in [2.24, 2.45) is 23.2 Å². The van der Waals surface area contributed by atoms with Crippen LogP contribution in [0.2, 0.25) is 0 Å². The number of nitrogens with zero attached hydrogens (tertiary/aromatic N) is 2. The number of aromatic hydroxyl groups is 1. The molecule has 2 N–H and O–H groups in total. The number of anilines is 1. The molecule has 202 valence electrons. The highest BCUT2D eigenvalue weighted by Crippen LogP contribution is 2.61. The maximum atomic E-state index is 13.4. The monoisotopic (exact) mass is 571 g/mol. The van der Waals surface area contributed by atoms with Crippen molar-refractivity contribution in [3.63, 3.8) is 0 Å². The number of carbonyl (C=O) groups excluding carboxylic acids is 1. The molecule has 1 aromatic carbocycles. The normalized spacial score (nSPS) is 24.9. The summed E-state index contributed by atoms with van der Waals surface area (Å²) >= 11 is 3.48. The zero-order chi connectivity index (χ0) is 27.7. The minimum Gasteiger partial charge on any atom is -0.507 e. The van der Waals surface area contributed by atoms with E-state index in [9.17, 15) is 14.7 Å². The van der Waals surface area contributed by atoms with Gasteiger partial charge in [-0.1, -0.05) is 62.3 Å². The van der Waals surface area contributed by atoms with Crippen molar-refractivity contribution < 1.29 is 9.90 Å². The van der Waals surface area contributed by atoms with Gasteiger partial charge in [-0.15, -0.1) is 0 Å². The summed E-state index contributed by atoms with van der Waals surface area (Å²) in [5.74, 6) is 1.91. The molecule has 0 amide bonds. The lowest BCUT2D eigenvalue weighted by molar-refractivity contribution is -0.105. The number of rotatable bonds is 5. The molecule has 6 nitrogen and oxygen atoms in total. The van der Waals surface area contributed by atoms with Crippen molar-refractivity contribution in [3.8, 4) is 5.75 Å². The highest BCUT2D eigenvalue weighted by Gasteiger charge is 2.56. The van der Waals surface area contributed by atoms with Crippen LogP contribution in [0.3, 0.4) is 0 Å². The van der Waals surface area contributed by atoms with Gasteiger partial charge in [0.15, 0.2) is 5.78 Å². The predicted octanol–water partition coefficient (Wildman–Crippen LogP) is 6.67. The lowest BCUT2D eigenvalue weighted by Crippen LogP contribution is -2.58. The molecule has 4 atom stereocenters. The van der Waals surface area contributed by atoms with Crippen molar-refractivity contribution in [2.75, 3.05) is 5.32 Å². The molecule has 3 saturated carbocycles. The summed E-state index contributed by atoms with van der Waals surface area (Å²) in [6.07, 6.45) is 4.03. The number of phenolic OH excluding ortho intramolecular Hbond substituents is 1. The van der Waals surface area contributed by atoms with Crippen LogP contribution in [0.1, 0.15) is 96.6 Å². The van der Waals surface area contributed by atoms with E-state index in [2.05, 4.69) is 47.1 Å². The largest absolute Gasteiger partial charge is 0.507 e. The van der Waals surface area contributed by atoms with Crippen LogP contribution >= 0.6 is 15.9 Å². The number of hydrogen-bond acceptors (Lipinski definition) is 5. The molecule has 7 heteroatoms. The Hall–Kier alpha value is -2.15. The number of Topliss-reactive ketones (excluding diaryl/α,β-unsaturated/α-hetero) is 1. The second-order valence-corrected chi connectivity index (χ2v) is 14.7. The fraction of sp³-hybridized carbons (Fsp3) is 0.633. The first kappa shape index (κ1) is 27.9. The molecule has 0 aliphatic heterocycles. The van der Waals surface area contributed by atoms with Crippen LogP contribution < -0.4 is 10.9 Å². The molecular weight excluding hydrogens is 530 g/mol. The van der Waals surface area contributed by atoms with Gasteiger partial charge in [0.2, 0.25) is 0 Å². The number of fused-ring (bicyclic) bond motifs is 2. The van der Waals surface area contributed by atoms with Gasteiger partial charge in [-0.3, -0.25) is 9.59 Å². The molecule has 3 fully saturated rings. The number of nitrogens with one attached hydrogen (secondary N) is 1. The van der Waals surface area contributed by atoms with Crippen LogP contribution in [0.25, 0.3) is 0 Å². The minimum atomic E-state index is -0.349. The van der Waals surface area contributed by atoms with Crippen LogP contribution in [-0.2, 0) is 17.4 Å². The molecule has 1 aromatic heterocycles. The predicted molar refractivity (Wildman–Crippen MR) is 153 cm³/mol. The number of aromatic nitrogens is 2. The minimum absolute atomic E-state index is 0.173. The molecule has 37 heavy (non-hydrogen) atoms. The second kappa shape index (κ2) is 9.25. The van der Waals surface area contributed by atoms with E-state index in [-0.39, 0.29) is 34.5 Å². The van der Waals surface area contributed by atoms with Crippen LogP contribution in [0.5, 0.6) is 5.75 Å². The SMILES string of the molecule is C[C@@H]1[C@H]2C[C@@H](C[C@H]1Nc1cnn(CC(=O)c3cc(C(C)(C)C)c(O)c(C(C)(C)C)c3)c(=O)c1Br)C2(C)C. The van der Waals surface area contributed by atoms with Crippen LogP contribution in [0.4, 0.5) is 5.69 Å². The summed E-state index contributed by atoms with van der Waals surface area (Å²) in [7, 11) is 0. The summed E-state index contributed by atoms with van der Waals surface area (Å²) in [4.78, 5) is 26.6. The Bertz CT molecular complexity index is 1250. The van der Waals surface area contributed by atoms with Crippen molar-refractivity contribution in [1.29, 1.82) is 0 Å². The van der Waals surface area contributed by atoms with Crippen molar-refractivity contribution in [1.82, 2.24) is 9.78 Å². The highest BCUT2D eigenvalue weighted by molar-refractivity contribution is 9.10. The van der Waals surface area contributed by atoms with Crippen LogP contribution in [0.15, 0.2) is 27.6 Å². The number of phenols is 1. The van der Waals surface area contributed by atoms with Crippen molar-refractivity contribution >= 4 is 27.4 Å². The number of halogens is 1. The van der Waals surface area contributed by atoms with Gasteiger partial charge in [-0.2, -0.15) is 5.10 Å². The zero-order valence-electron chi connectivity index (χ0n) is 23.7. The highest BCUT2D eigenvalue weighted by atomic mass is 79.9. The summed E-state index contributed by atoms with van der Waals surface area (Å²) in [6.45, 7) is 18.9. The molecule has 2 bridgehead atoms. The number of carbonyl (C=O) groups is 1. The molecule has 0 saturated heterocycles. The first-order chi connectivity index (χ1) is 16.9. The molecular formula is C30H42BrN3O3. The van der Waals surface area contributed by atoms with E-state index in [1.807, 2.05) is 41.5 Å². The molecule has 1 heterocycles. The third-order valence-electron chi connectivity index (χ3n) is 9.02. The van der Waals surface area contributed by atoms with Gasteiger partial charge in [0.1, 0.15) is 16.8 Å². The Kier molecular flexibility index (Phi) is 6.97. The second-order valence-electron chi connectivity index (χ2n) is 13.9. The molecule has 0 unspecified atom stereocenters. The van der Waals surface area contributed by atoms with Crippen LogP contribution in [0, 0.1) is 23.2 Å². The van der Waals surface area contributed by atoms with Gasteiger partial charge >= 0.3 is 0 Å². The van der Waals surface area contributed by atoms with E-state index in [0.717, 1.165) is 6.42 Å². The molecule has 5 rings (SSSR count). The fourth-order valence-electron chi connectivity index (χ4n) is 6.38. The lowest BCUT2D eigenvalue weighted by Gasteiger charge is -2.62. The molecule has 2 aromatic rings. The van der Waals surface area contributed by atoms with E-state index < -0.39 is 0 Å². The maximum absolute atomic E-state index is 13.4. The Balaban J connectivity index is 1.58. The van der Waals surface area contributed by atoms with E-state index in [0.29, 0.717) is 56.1 Å². The Labute approximate surface area is 229 Å². The van der Waals surface area contributed by atoms with Crippen molar-refractivity contribution in [2.45, 2.75) is 98.6 Å². The molecule has 0 spiro atoms. The Morgan fingerprint density at radius 3 is 2.19 bits per heavy atom. The average molecular weight is 573 g/mol. The van der Waals surface area contributed by atoms with Gasteiger partial charge in [-0.05, 0) is 74.9 Å². The number of benzene rings is 1. The first-order valence-corrected chi connectivity index (χ1v) is 14.2. The van der Waals surface area contributed by atoms with E-state index >= 15 is 0 Å². The smallest absolute Gasteiger partial charge is 0.283 e.